The van der Waals surface area contributed by atoms with Crippen LogP contribution in [-0.2, 0) is 9.59 Å². The summed E-state index contributed by atoms with van der Waals surface area (Å²) in [5.41, 5.74) is 0.682. The molecule has 1 aromatic heterocycles. The second-order valence-electron chi connectivity index (χ2n) is 6.74. The minimum Gasteiger partial charge on any atom is -0.503 e. The lowest BCUT2D eigenvalue weighted by molar-refractivity contribution is -0.118. The van der Waals surface area contributed by atoms with Gasteiger partial charge in [-0.2, -0.15) is 0 Å². The predicted octanol–water partition coefficient (Wildman–Crippen LogP) is 3.73. The first kappa shape index (κ1) is 19.6. The first-order valence-corrected chi connectivity index (χ1v) is 9.14. The number of aliphatic hydroxyl groups is 1. The molecule has 0 spiro atoms. The zero-order chi connectivity index (χ0) is 21.6. The molecule has 1 aliphatic rings. The second kappa shape index (κ2) is 7.25. The fourth-order valence-corrected chi connectivity index (χ4v) is 3.53. The highest BCUT2D eigenvalue weighted by molar-refractivity contribution is 6.16. The average molecular weight is 413 g/mol. The fourth-order valence-electron chi connectivity index (χ4n) is 3.53. The molecule has 1 unspecified atom stereocenters. The number of H-pyrrole nitrogens is 1. The first-order chi connectivity index (χ1) is 14.3. The number of aromatic amines is 1. The number of nitrogens with one attached hydrogen (secondary N) is 1. The summed E-state index contributed by atoms with van der Waals surface area (Å²) in [4.78, 5) is 33.6. The molecule has 7 nitrogen and oxygen atoms in total. The Kier molecular flexibility index (Phi) is 4.73. The van der Waals surface area contributed by atoms with Gasteiger partial charge in [0.05, 0.1) is 29.8 Å². The van der Waals surface area contributed by atoms with Crippen LogP contribution in [0.5, 0.6) is 5.75 Å². The maximum Gasteiger partial charge on any atom is 0.296 e. The van der Waals surface area contributed by atoms with Gasteiger partial charge in [0.1, 0.15) is 5.75 Å². The van der Waals surface area contributed by atoms with E-state index in [4.69, 9.17) is 4.74 Å². The third-order valence-electron chi connectivity index (χ3n) is 4.98. The molecule has 30 heavy (non-hydrogen) atoms. The number of aliphatic hydroxyl groups excluding tert-OH is 1. The van der Waals surface area contributed by atoms with Gasteiger partial charge < -0.3 is 14.8 Å². The molecule has 2 aromatic carbocycles. The Bertz CT molecular complexity index is 1180. The molecule has 1 atom stereocenters. The standard InChI is InChI=1S/C21H17F2N3O4/c1-3-16(27)17-18(10-5-4-6-11(7-10)30-2)26(20(29)19(17)28)21-24-14-8-12(22)13(23)9-15(14)25-21/h4-9,18,28H,3H2,1-2H3,(H,24,25). The summed E-state index contributed by atoms with van der Waals surface area (Å²) in [5.74, 6) is -3.67. The minimum atomic E-state index is -1.08. The van der Waals surface area contributed by atoms with Crippen molar-refractivity contribution in [2.75, 3.05) is 12.0 Å². The van der Waals surface area contributed by atoms with Gasteiger partial charge in [-0.15, -0.1) is 0 Å². The maximum atomic E-state index is 13.6. The van der Waals surface area contributed by atoms with E-state index in [2.05, 4.69) is 9.97 Å². The Morgan fingerprint density at radius 2 is 2.00 bits per heavy atom. The summed E-state index contributed by atoms with van der Waals surface area (Å²) in [6.07, 6.45) is 0.0670. The van der Waals surface area contributed by atoms with E-state index in [0.717, 1.165) is 17.0 Å². The van der Waals surface area contributed by atoms with E-state index < -0.39 is 35.1 Å². The number of nitrogens with zero attached hydrogens (tertiary/aromatic N) is 2. The molecule has 1 amide bonds. The number of amides is 1. The number of hydrogen-bond donors (Lipinski definition) is 2. The van der Waals surface area contributed by atoms with Crippen molar-refractivity contribution in [3.8, 4) is 5.75 Å². The van der Waals surface area contributed by atoms with Crippen LogP contribution in [0.15, 0.2) is 47.7 Å². The van der Waals surface area contributed by atoms with Gasteiger partial charge in [-0.3, -0.25) is 14.5 Å². The van der Waals surface area contributed by atoms with Crippen LogP contribution < -0.4 is 9.64 Å². The van der Waals surface area contributed by atoms with Gasteiger partial charge in [-0.25, -0.2) is 13.8 Å². The van der Waals surface area contributed by atoms with Gasteiger partial charge in [0.2, 0.25) is 5.95 Å². The number of rotatable bonds is 5. The number of anilines is 1. The van der Waals surface area contributed by atoms with Crippen molar-refractivity contribution in [1.29, 1.82) is 0 Å². The van der Waals surface area contributed by atoms with Crippen molar-refractivity contribution in [3.63, 3.8) is 0 Å². The molecule has 0 fully saturated rings. The number of benzene rings is 2. The summed E-state index contributed by atoms with van der Waals surface area (Å²) in [6, 6.07) is 7.53. The van der Waals surface area contributed by atoms with Crippen LogP contribution in [-0.4, -0.2) is 33.9 Å². The third-order valence-corrected chi connectivity index (χ3v) is 4.98. The van der Waals surface area contributed by atoms with Crippen LogP contribution >= 0.6 is 0 Å². The van der Waals surface area contributed by atoms with Crippen molar-refractivity contribution in [3.05, 3.63) is 64.9 Å². The van der Waals surface area contributed by atoms with Crippen LogP contribution in [0.4, 0.5) is 14.7 Å². The lowest BCUT2D eigenvalue weighted by Gasteiger charge is -2.24. The monoisotopic (exact) mass is 413 g/mol. The number of hydrogen-bond acceptors (Lipinski definition) is 5. The lowest BCUT2D eigenvalue weighted by Crippen LogP contribution is -2.32. The van der Waals surface area contributed by atoms with E-state index in [1.165, 1.54) is 7.11 Å². The summed E-state index contributed by atoms with van der Waals surface area (Å²) in [6.45, 7) is 1.62. The minimum absolute atomic E-state index is 0.0572. The van der Waals surface area contributed by atoms with E-state index in [-0.39, 0.29) is 29.0 Å². The van der Waals surface area contributed by atoms with E-state index in [1.807, 2.05) is 0 Å². The zero-order valence-electron chi connectivity index (χ0n) is 16.1. The smallest absolute Gasteiger partial charge is 0.296 e. The molecular formula is C21H17F2N3O4. The number of imidazole rings is 1. The number of fused-ring (bicyclic) bond motifs is 1. The van der Waals surface area contributed by atoms with Gasteiger partial charge in [0.25, 0.3) is 5.91 Å². The van der Waals surface area contributed by atoms with Gasteiger partial charge in [0, 0.05) is 18.6 Å². The Morgan fingerprint density at radius 1 is 1.27 bits per heavy atom. The molecule has 154 valence electrons. The summed E-state index contributed by atoms with van der Waals surface area (Å²) in [7, 11) is 1.48. The zero-order valence-corrected chi connectivity index (χ0v) is 16.1. The maximum absolute atomic E-state index is 13.6. The number of methoxy groups -OCH3 is 1. The predicted molar refractivity (Wildman–Crippen MR) is 104 cm³/mol. The van der Waals surface area contributed by atoms with Gasteiger partial charge in [-0.05, 0) is 17.7 Å². The van der Waals surface area contributed by atoms with E-state index in [0.29, 0.717) is 11.3 Å². The van der Waals surface area contributed by atoms with Gasteiger partial charge in [0.15, 0.2) is 23.2 Å². The van der Waals surface area contributed by atoms with E-state index in [1.54, 1.807) is 31.2 Å². The molecule has 9 heteroatoms. The van der Waals surface area contributed by atoms with Crippen molar-refractivity contribution in [1.82, 2.24) is 9.97 Å². The highest BCUT2D eigenvalue weighted by Gasteiger charge is 2.45. The van der Waals surface area contributed by atoms with Crippen molar-refractivity contribution in [2.24, 2.45) is 0 Å². The van der Waals surface area contributed by atoms with Crippen molar-refractivity contribution in [2.45, 2.75) is 19.4 Å². The van der Waals surface area contributed by atoms with Crippen LogP contribution in [0.3, 0.4) is 0 Å². The summed E-state index contributed by atoms with van der Waals surface area (Å²) >= 11 is 0. The molecule has 4 rings (SSSR count). The molecular weight excluding hydrogens is 396 g/mol. The quantitative estimate of drug-likeness (QED) is 0.665. The molecule has 2 N–H and O–H groups in total. The third kappa shape index (κ3) is 2.99. The van der Waals surface area contributed by atoms with Crippen LogP contribution in [0, 0.1) is 11.6 Å². The van der Waals surface area contributed by atoms with Crippen molar-refractivity contribution < 1.29 is 28.2 Å². The SMILES string of the molecule is CCC(=O)C1=C(O)C(=O)N(c2nc3cc(F)c(F)cc3[nH]2)C1c1cccc(OC)c1. The van der Waals surface area contributed by atoms with Gasteiger partial charge >= 0.3 is 0 Å². The largest absolute Gasteiger partial charge is 0.503 e. The van der Waals surface area contributed by atoms with Crippen molar-refractivity contribution >= 4 is 28.7 Å². The van der Waals surface area contributed by atoms with Crippen LogP contribution in [0.2, 0.25) is 0 Å². The highest BCUT2D eigenvalue weighted by Crippen LogP contribution is 2.41. The first-order valence-electron chi connectivity index (χ1n) is 9.14. The van der Waals surface area contributed by atoms with E-state index in [9.17, 15) is 23.5 Å². The number of ether oxygens (including phenoxy) is 1. The Labute approximate surface area is 169 Å². The van der Waals surface area contributed by atoms with Crippen LogP contribution in [0.25, 0.3) is 11.0 Å². The Hall–Kier alpha value is -3.75. The molecule has 2 heterocycles. The average Bonchev–Trinajstić information content (AvgIpc) is 3.25. The molecule has 0 saturated carbocycles. The molecule has 0 radical (unpaired) electrons. The number of carbonyl (C=O) groups is 2. The highest BCUT2D eigenvalue weighted by atomic mass is 19.2. The molecule has 0 bridgehead atoms. The summed E-state index contributed by atoms with van der Waals surface area (Å²) in [5, 5.41) is 10.5. The van der Waals surface area contributed by atoms with Crippen LogP contribution in [0.1, 0.15) is 24.9 Å². The lowest BCUT2D eigenvalue weighted by atomic mass is 9.95. The normalized spacial score (nSPS) is 16.6. The number of aromatic nitrogens is 2. The van der Waals surface area contributed by atoms with Gasteiger partial charge in [-0.1, -0.05) is 19.1 Å². The number of Topliss-reactive ketones (excluding diaryl/α,β-unsaturated/α-hetero) is 1. The number of halogens is 2. The Morgan fingerprint density at radius 3 is 2.70 bits per heavy atom. The summed E-state index contributed by atoms with van der Waals surface area (Å²) < 4.78 is 32.4. The number of ketones is 1. The number of carbonyl (C=O) groups excluding carboxylic acids is 2. The molecule has 3 aromatic rings. The second-order valence-corrected chi connectivity index (χ2v) is 6.74. The Balaban J connectivity index is 1.91. The molecule has 0 aliphatic carbocycles. The topological polar surface area (TPSA) is 95.5 Å². The fraction of sp³-hybridized carbons (Fsp3) is 0.190. The molecule has 1 aliphatic heterocycles. The molecule has 0 saturated heterocycles. The van der Waals surface area contributed by atoms with E-state index >= 15 is 0 Å².